The molecule has 0 aliphatic rings. The molecule has 2 aromatic rings. The summed E-state index contributed by atoms with van der Waals surface area (Å²) in [4.78, 5) is 11.7. The molecular formula is C13H16N4O2. The van der Waals surface area contributed by atoms with Gasteiger partial charge in [0.25, 0.3) is 5.91 Å². The monoisotopic (exact) mass is 260 g/mol. The van der Waals surface area contributed by atoms with Crippen molar-refractivity contribution in [3.05, 3.63) is 42.2 Å². The third-order valence-electron chi connectivity index (χ3n) is 2.56. The fraction of sp³-hybridized carbons (Fsp3) is 0.231. The highest BCUT2D eigenvalue weighted by Crippen LogP contribution is 2.15. The van der Waals surface area contributed by atoms with Crippen LogP contribution in [0.3, 0.4) is 0 Å². The zero-order valence-electron chi connectivity index (χ0n) is 10.6. The first-order valence-electron chi connectivity index (χ1n) is 5.94. The predicted molar refractivity (Wildman–Crippen MR) is 72.0 cm³/mol. The van der Waals surface area contributed by atoms with E-state index in [1.807, 2.05) is 18.2 Å². The molecule has 0 aliphatic heterocycles. The largest absolute Gasteiger partial charge is 0.397 e. The van der Waals surface area contributed by atoms with Crippen molar-refractivity contribution >= 4 is 11.6 Å². The Hall–Kier alpha value is -2.34. The van der Waals surface area contributed by atoms with Gasteiger partial charge >= 0.3 is 0 Å². The highest BCUT2D eigenvalue weighted by atomic mass is 16.3. The van der Waals surface area contributed by atoms with E-state index in [0.717, 1.165) is 5.69 Å². The molecule has 0 radical (unpaired) electrons. The molecule has 0 spiro atoms. The number of anilines is 1. The number of nitrogens with one attached hydrogen (secondary N) is 1. The van der Waals surface area contributed by atoms with E-state index in [1.165, 1.54) is 0 Å². The Balaban J connectivity index is 2.15. The van der Waals surface area contributed by atoms with Gasteiger partial charge in [-0.2, -0.15) is 5.10 Å². The van der Waals surface area contributed by atoms with Crippen LogP contribution in [0.2, 0.25) is 0 Å². The van der Waals surface area contributed by atoms with Gasteiger partial charge in [-0.25, -0.2) is 4.68 Å². The molecule has 1 aromatic heterocycles. The first-order chi connectivity index (χ1) is 9.08. The molecule has 4 N–H and O–H groups in total. The van der Waals surface area contributed by atoms with Crippen LogP contribution >= 0.6 is 0 Å². The van der Waals surface area contributed by atoms with Crippen molar-refractivity contribution in [2.45, 2.75) is 13.0 Å². The molecule has 0 saturated heterocycles. The van der Waals surface area contributed by atoms with Gasteiger partial charge in [0.1, 0.15) is 0 Å². The number of carbonyl (C=O) groups excluding carboxylic acids is 1. The molecule has 0 aliphatic carbocycles. The molecule has 1 amide bonds. The third kappa shape index (κ3) is 3.11. The number of carbonyl (C=O) groups is 1. The number of aliphatic hydroxyl groups is 1. The van der Waals surface area contributed by atoms with Crippen LogP contribution in [0.5, 0.6) is 0 Å². The maximum absolute atomic E-state index is 11.7. The second kappa shape index (κ2) is 5.53. The third-order valence-corrected chi connectivity index (χ3v) is 2.56. The molecule has 1 aromatic carbocycles. The van der Waals surface area contributed by atoms with Crippen LogP contribution < -0.4 is 11.1 Å². The van der Waals surface area contributed by atoms with Crippen LogP contribution in [0.1, 0.15) is 17.4 Å². The minimum Gasteiger partial charge on any atom is -0.397 e. The number of nitrogen functional groups attached to an aromatic ring is 1. The Morgan fingerprint density at radius 2 is 2.21 bits per heavy atom. The number of aromatic nitrogens is 2. The number of benzene rings is 1. The minimum atomic E-state index is -0.587. The van der Waals surface area contributed by atoms with Crippen molar-refractivity contribution in [3.63, 3.8) is 0 Å². The summed E-state index contributed by atoms with van der Waals surface area (Å²) < 4.78 is 1.55. The molecule has 1 atom stereocenters. The average Bonchev–Trinajstić information content (AvgIpc) is 2.86. The lowest BCUT2D eigenvalue weighted by Gasteiger charge is -2.06. The number of para-hydroxylation sites is 2. The summed E-state index contributed by atoms with van der Waals surface area (Å²) >= 11 is 0. The van der Waals surface area contributed by atoms with Crippen molar-refractivity contribution in [3.8, 4) is 5.69 Å². The van der Waals surface area contributed by atoms with E-state index in [-0.39, 0.29) is 18.1 Å². The average molecular weight is 260 g/mol. The molecule has 2 rings (SSSR count). The van der Waals surface area contributed by atoms with Crippen LogP contribution in [0.15, 0.2) is 36.5 Å². The van der Waals surface area contributed by atoms with E-state index in [1.54, 1.807) is 29.9 Å². The van der Waals surface area contributed by atoms with Crippen molar-refractivity contribution in [1.82, 2.24) is 15.1 Å². The minimum absolute atomic E-state index is 0.194. The lowest BCUT2D eigenvalue weighted by atomic mass is 10.3. The van der Waals surface area contributed by atoms with E-state index < -0.39 is 6.10 Å². The fourth-order valence-electron chi connectivity index (χ4n) is 1.61. The van der Waals surface area contributed by atoms with Gasteiger partial charge in [0.15, 0.2) is 5.69 Å². The maximum atomic E-state index is 11.7. The van der Waals surface area contributed by atoms with Crippen molar-refractivity contribution in [2.24, 2.45) is 0 Å². The second-order valence-electron chi connectivity index (χ2n) is 4.26. The van der Waals surface area contributed by atoms with Crippen LogP contribution in [-0.2, 0) is 0 Å². The summed E-state index contributed by atoms with van der Waals surface area (Å²) in [5, 5.41) is 15.9. The number of nitrogens with two attached hydrogens (primary N) is 1. The molecule has 1 heterocycles. The molecular weight excluding hydrogens is 244 g/mol. The Bertz CT molecular complexity index is 578. The van der Waals surface area contributed by atoms with Crippen LogP contribution in [0.25, 0.3) is 5.69 Å². The summed E-state index contributed by atoms with van der Waals surface area (Å²) in [6.45, 7) is 1.79. The van der Waals surface area contributed by atoms with Crippen molar-refractivity contribution in [1.29, 1.82) is 0 Å². The molecule has 0 saturated carbocycles. The zero-order chi connectivity index (χ0) is 13.8. The first kappa shape index (κ1) is 13.1. The molecule has 100 valence electrons. The Morgan fingerprint density at radius 1 is 1.47 bits per heavy atom. The first-order valence-corrected chi connectivity index (χ1v) is 5.94. The smallest absolute Gasteiger partial charge is 0.271 e. The molecule has 0 bridgehead atoms. The van der Waals surface area contributed by atoms with E-state index in [2.05, 4.69) is 10.4 Å². The summed E-state index contributed by atoms with van der Waals surface area (Å²) in [5.41, 5.74) is 7.43. The Labute approximate surface area is 110 Å². The van der Waals surface area contributed by atoms with Gasteiger partial charge in [0.2, 0.25) is 0 Å². The number of hydrogen-bond acceptors (Lipinski definition) is 4. The van der Waals surface area contributed by atoms with E-state index in [4.69, 9.17) is 10.8 Å². The number of hydrogen-bond donors (Lipinski definition) is 3. The number of amides is 1. The molecule has 19 heavy (non-hydrogen) atoms. The summed E-state index contributed by atoms with van der Waals surface area (Å²) in [6, 6.07) is 8.87. The van der Waals surface area contributed by atoms with Gasteiger partial charge in [-0.3, -0.25) is 4.79 Å². The normalized spacial score (nSPS) is 12.1. The van der Waals surface area contributed by atoms with Gasteiger partial charge in [-0.15, -0.1) is 0 Å². The maximum Gasteiger partial charge on any atom is 0.271 e. The number of nitrogens with zero attached hydrogens (tertiary/aromatic N) is 2. The topological polar surface area (TPSA) is 93.2 Å². The Morgan fingerprint density at radius 3 is 2.89 bits per heavy atom. The second-order valence-corrected chi connectivity index (χ2v) is 4.26. The number of aliphatic hydroxyl groups excluding tert-OH is 1. The SMILES string of the molecule is C[C@H](O)CNC(=O)c1ccn(-c2ccccc2N)n1. The number of rotatable bonds is 4. The van der Waals surface area contributed by atoms with Crippen LogP contribution in [0, 0.1) is 0 Å². The molecule has 0 fully saturated rings. The summed E-state index contributed by atoms with van der Waals surface area (Å²) in [6.07, 6.45) is 1.08. The van der Waals surface area contributed by atoms with Gasteiger partial charge in [-0.1, -0.05) is 12.1 Å². The quantitative estimate of drug-likeness (QED) is 0.700. The van der Waals surface area contributed by atoms with Gasteiger partial charge in [0, 0.05) is 12.7 Å². The van der Waals surface area contributed by atoms with Crippen LogP contribution in [0.4, 0.5) is 5.69 Å². The lowest BCUT2D eigenvalue weighted by Crippen LogP contribution is -2.30. The lowest BCUT2D eigenvalue weighted by molar-refractivity contribution is 0.0918. The summed E-state index contributed by atoms with van der Waals surface area (Å²) in [5.74, 6) is -0.325. The highest BCUT2D eigenvalue weighted by Gasteiger charge is 2.11. The van der Waals surface area contributed by atoms with Crippen molar-refractivity contribution in [2.75, 3.05) is 12.3 Å². The predicted octanol–water partition coefficient (Wildman–Crippen LogP) is 0.565. The van der Waals surface area contributed by atoms with E-state index in [9.17, 15) is 4.79 Å². The van der Waals surface area contributed by atoms with Crippen LogP contribution in [-0.4, -0.2) is 33.4 Å². The van der Waals surface area contributed by atoms with Gasteiger partial charge in [0.05, 0.1) is 17.5 Å². The van der Waals surface area contributed by atoms with Gasteiger partial charge in [-0.05, 0) is 25.1 Å². The zero-order valence-corrected chi connectivity index (χ0v) is 10.6. The molecule has 6 heteroatoms. The highest BCUT2D eigenvalue weighted by molar-refractivity contribution is 5.92. The standard InChI is InChI=1S/C13H16N4O2/c1-9(18)8-15-13(19)11-6-7-17(16-11)12-5-3-2-4-10(12)14/h2-7,9,18H,8,14H2,1H3,(H,15,19)/t9-/m0/s1. The van der Waals surface area contributed by atoms with E-state index in [0.29, 0.717) is 5.69 Å². The molecule has 6 nitrogen and oxygen atoms in total. The molecule has 0 unspecified atom stereocenters. The van der Waals surface area contributed by atoms with Gasteiger partial charge < -0.3 is 16.2 Å². The van der Waals surface area contributed by atoms with Crippen molar-refractivity contribution < 1.29 is 9.90 Å². The Kier molecular flexibility index (Phi) is 3.82. The summed E-state index contributed by atoms with van der Waals surface area (Å²) in [7, 11) is 0. The fourth-order valence-corrected chi connectivity index (χ4v) is 1.61. The van der Waals surface area contributed by atoms with E-state index >= 15 is 0 Å².